The molecule has 0 saturated carbocycles. The second-order valence-corrected chi connectivity index (χ2v) is 3.59. The summed E-state index contributed by atoms with van der Waals surface area (Å²) < 4.78 is 0. The van der Waals surface area contributed by atoms with Crippen LogP contribution >= 0.6 is 0 Å². The van der Waals surface area contributed by atoms with Gasteiger partial charge in [0, 0.05) is 18.9 Å². The van der Waals surface area contributed by atoms with Crippen LogP contribution in [-0.2, 0) is 6.54 Å². The van der Waals surface area contributed by atoms with Crippen LogP contribution < -0.4 is 5.32 Å². The molecule has 0 bridgehead atoms. The van der Waals surface area contributed by atoms with Crippen LogP contribution in [0.1, 0.15) is 12.5 Å². The van der Waals surface area contributed by atoms with Crippen LogP contribution in [-0.4, -0.2) is 33.9 Å². The first-order valence-corrected chi connectivity index (χ1v) is 4.56. The average Bonchev–Trinajstić information content (AvgIpc) is 2.27. The highest BCUT2D eigenvalue weighted by Gasteiger charge is 2.20. The quantitative estimate of drug-likeness (QED) is 0.616. The first-order chi connectivity index (χ1) is 6.70. The van der Waals surface area contributed by atoms with Crippen molar-refractivity contribution in [2.24, 2.45) is 0 Å². The van der Waals surface area contributed by atoms with Crippen molar-refractivity contribution >= 4 is 0 Å². The zero-order valence-corrected chi connectivity index (χ0v) is 8.27. The molecule has 4 heteroatoms. The van der Waals surface area contributed by atoms with E-state index in [0.717, 1.165) is 5.56 Å². The lowest BCUT2D eigenvalue weighted by Crippen LogP contribution is -2.48. The molecule has 1 heterocycles. The number of hydrogen-bond acceptors (Lipinski definition) is 4. The first kappa shape index (κ1) is 11.1. The van der Waals surface area contributed by atoms with Crippen LogP contribution in [0.3, 0.4) is 0 Å². The van der Waals surface area contributed by atoms with E-state index in [1.54, 1.807) is 19.3 Å². The van der Waals surface area contributed by atoms with E-state index in [1.807, 2.05) is 12.1 Å². The molecule has 14 heavy (non-hydrogen) atoms. The molecule has 78 valence electrons. The standard InChI is InChI=1S/C10H16N2O2/c1-10(7-13,8-14)12-6-9-3-2-4-11-5-9/h2-5,12-14H,6-8H2,1H3. The molecule has 0 radical (unpaired) electrons. The smallest absolute Gasteiger partial charge is 0.0633 e. The largest absolute Gasteiger partial charge is 0.394 e. The normalized spacial score (nSPS) is 11.6. The number of nitrogens with zero attached hydrogens (tertiary/aromatic N) is 1. The van der Waals surface area contributed by atoms with Crippen molar-refractivity contribution in [2.75, 3.05) is 13.2 Å². The van der Waals surface area contributed by atoms with Gasteiger partial charge in [0.1, 0.15) is 0 Å². The van der Waals surface area contributed by atoms with Crippen molar-refractivity contribution < 1.29 is 10.2 Å². The van der Waals surface area contributed by atoms with E-state index >= 15 is 0 Å². The van der Waals surface area contributed by atoms with Crippen molar-refractivity contribution in [3.05, 3.63) is 30.1 Å². The molecule has 0 aromatic carbocycles. The van der Waals surface area contributed by atoms with Crippen molar-refractivity contribution in [1.29, 1.82) is 0 Å². The molecule has 0 aliphatic carbocycles. The lowest BCUT2D eigenvalue weighted by molar-refractivity contribution is 0.103. The maximum absolute atomic E-state index is 9.03. The van der Waals surface area contributed by atoms with Gasteiger partial charge < -0.3 is 15.5 Å². The summed E-state index contributed by atoms with van der Waals surface area (Å²) in [6.07, 6.45) is 3.46. The molecule has 0 amide bonds. The highest BCUT2D eigenvalue weighted by molar-refractivity contribution is 5.08. The number of aliphatic hydroxyl groups is 2. The monoisotopic (exact) mass is 196 g/mol. The fourth-order valence-electron chi connectivity index (χ4n) is 0.980. The molecule has 0 fully saturated rings. The molecular formula is C10H16N2O2. The predicted molar refractivity (Wildman–Crippen MR) is 53.7 cm³/mol. The maximum Gasteiger partial charge on any atom is 0.0633 e. The van der Waals surface area contributed by atoms with Gasteiger partial charge in [-0.15, -0.1) is 0 Å². The number of aromatic nitrogens is 1. The molecule has 0 unspecified atom stereocenters. The summed E-state index contributed by atoms with van der Waals surface area (Å²) in [6.45, 7) is 2.17. The van der Waals surface area contributed by atoms with Gasteiger partial charge in [-0.3, -0.25) is 4.98 Å². The molecule has 4 nitrogen and oxygen atoms in total. The lowest BCUT2D eigenvalue weighted by atomic mass is 10.1. The van der Waals surface area contributed by atoms with Crippen LogP contribution in [0.5, 0.6) is 0 Å². The van der Waals surface area contributed by atoms with Gasteiger partial charge in [-0.2, -0.15) is 0 Å². The minimum absolute atomic E-state index is 0.0935. The fraction of sp³-hybridized carbons (Fsp3) is 0.500. The summed E-state index contributed by atoms with van der Waals surface area (Å²) in [5.41, 5.74) is 0.399. The number of aliphatic hydroxyl groups excluding tert-OH is 2. The summed E-state index contributed by atoms with van der Waals surface area (Å²) in [5.74, 6) is 0. The Bertz CT molecular complexity index is 260. The molecule has 0 saturated heterocycles. The fourth-order valence-corrected chi connectivity index (χ4v) is 0.980. The second kappa shape index (κ2) is 5.05. The SMILES string of the molecule is CC(CO)(CO)NCc1cccnc1. The van der Waals surface area contributed by atoms with E-state index in [1.165, 1.54) is 0 Å². The van der Waals surface area contributed by atoms with Gasteiger partial charge in [0.25, 0.3) is 0 Å². The van der Waals surface area contributed by atoms with Gasteiger partial charge in [-0.25, -0.2) is 0 Å². The average molecular weight is 196 g/mol. The van der Waals surface area contributed by atoms with Crippen LogP contribution in [0, 0.1) is 0 Å². The van der Waals surface area contributed by atoms with Gasteiger partial charge in [-0.05, 0) is 18.6 Å². The minimum atomic E-state index is -0.629. The molecule has 0 aliphatic heterocycles. The number of nitrogens with one attached hydrogen (secondary N) is 1. The summed E-state index contributed by atoms with van der Waals surface area (Å²) in [7, 11) is 0. The molecule has 1 rings (SSSR count). The van der Waals surface area contributed by atoms with Crippen molar-refractivity contribution in [3.8, 4) is 0 Å². The van der Waals surface area contributed by atoms with Crippen LogP contribution in [0.15, 0.2) is 24.5 Å². The van der Waals surface area contributed by atoms with Gasteiger partial charge in [-0.1, -0.05) is 6.07 Å². The van der Waals surface area contributed by atoms with E-state index in [0.29, 0.717) is 6.54 Å². The highest BCUT2D eigenvalue weighted by Crippen LogP contribution is 2.03. The Labute approximate surface area is 83.6 Å². The number of hydrogen-bond donors (Lipinski definition) is 3. The number of pyridine rings is 1. The van der Waals surface area contributed by atoms with E-state index in [-0.39, 0.29) is 13.2 Å². The summed E-state index contributed by atoms with van der Waals surface area (Å²) >= 11 is 0. The van der Waals surface area contributed by atoms with Gasteiger partial charge in [0.2, 0.25) is 0 Å². The first-order valence-electron chi connectivity index (χ1n) is 4.56. The Morgan fingerprint density at radius 1 is 1.43 bits per heavy atom. The van der Waals surface area contributed by atoms with Crippen LogP contribution in [0.2, 0.25) is 0 Å². The van der Waals surface area contributed by atoms with E-state index in [4.69, 9.17) is 10.2 Å². The zero-order chi connectivity index (χ0) is 10.4. The van der Waals surface area contributed by atoms with Gasteiger partial charge in [0.05, 0.1) is 18.8 Å². The van der Waals surface area contributed by atoms with Gasteiger partial charge >= 0.3 is 0 Å². The van der Waals surface area contributed by atoms with E-state index in [9.17, 15) is 0 Å². The minimum Gasteiger partial charge on any atom is -0.394 e. The summed E-state index contributed by atoms with van der Waals surface area (Å²) in [6, 6.07) is 3.79. The topological polar surface area (TPSA) is 65.4 Å². The van der Waals surface area contributed by atoms with Crippen LogP contribution in [0.4, 0.5) is 0 Å². The lowest BCUT2D eigenvalue weighted by Gasteiger charge is -2.26. The number of rotatable bonds is 5. The van der Waals surface area contributed by atoms with Gasteiger partial charge in [0.15, 0.2) is 0 Å². The zero-order valence-electron chi connectivity index (χ0n) is 8.27. The maximum atomic E-state index is 9.03. The Hall–Kier alpha value is -0.970. The summed E-state index contributed by atoms with van der Waals surface area (Å²) in [5, 5.41) is 21.1. The Morgan fingerprint density at radius 3 is 2.64 bits per heavy atom. The third-order valence-corrected chi connectivity index (χ3v) is 2.14. The van der Waals surface area contributed by atoms with Crippen molar-refractivity contribution in [1.82, 2.24) is 10.3 Å². The molecule has 1 aromatic rings. The third-order valence-electron chi connectivity index (χ3n) is 2.14. The molecule has 1 aromatic heterocycles. The molecule has 3 N–H and O–H groups in total. The Balaban J connectivity index is 2.48. The molecule has 0 atom stereocenters. The molecule has 0 spiro atoms. The van der Waals surface area contributed by atoms with Crippen LogP contribution in [0.25, 0.3) is 0 Å². The third kappa shape index (κ3) is 3.06. The molecule has 0 aliphatic rings. The van der Waals surface area contributed by atoms with E-state index < -0.39 is 5.54 Å². The molecular weight excluding hydrogens is 180 g/mol. The van der Waals surface area contributed by atoms with Crippen molar-refractivity contribution in [2.45, 2.75) is 19.0 Å². The Kier molecular flexibility index (Phi) is 4.00. The summed E-state index contributed by atoms with van der Waals surface area (Å²) in [4.78, 5) is 3.97. The second-order valence-electron chi connectivity index (χ2n) is 3.59. The Morgan fingerprint density at radius 2 is 2.14 bits per heavy atom. The van der Waals surface area contributed by atoms with Crippen molar-refractivity contribution in [3.63, 3.8) is 0 Å². The predicted octanol–water partition coefficient (Wildman–Crippen LogP) is -0.0855. The highest BCUT2D eigenvalue weighted by atomic mass is 16.3. The van der Waals surface area contributed by atoms with E-state index in [2.05, 4.69) is 10.3 Å².